The topological polar surface area (TPSA) is 91.8 Å². The molecule has 6 nitrogen and oxygen atoms in total. The van der Waals surface area contributed by atoms with E-state index in [0.29, 0.717) is 27.7 Å². The molecule has 0 saturated heterocycles. The van der Waals surface area contributed by atoms with Crippen molar-refractivity contribution in [1.82, 2.24) is 10.2 Å². The normalized spacial score (nSPS) is 10.2. The lowest BCUT2D eigenvalue weighted by molar-refractivity contribution is -0.113. The number of benzene rings is 2. The van der Waals surface area contributed by atoms with Gasteiger partial charge in [-0.3, -0.25) is 4.79 Å². The minimum absolute atomic E-state index is 0.0803. The molecule has 124 valence electrons. The lowest BCUT2D eigenvalue weighted by atomic mass is 10.2. The number of carbonyl (C=O) groups is 1. The number of hydrogen-bond acceptors (Lipinski definition) is 6. The number of halogens is 1. The molecule has 0 aliphatic rings. The van der Waals surface area contributed by atoms with Crippen LogP contribution in [0, 0.1) is 11.3 Å². The first kappa shape index (κ1) is 17.0. The molecule has 0 aliphatic heterocycles. The molecule has 25 heavy (non-hydrogen) atoms. The molecule has 2 aromatic carbocycles. The van der Waals surface area contributed by atoms with Gasteiger partial charge in [-0.15, -0.1) is 10.2 Å². The lowest BCUT2D eigenvalue weighted by Gasteiger charge is -2.05. The summed E-state index contributed by atoms with van der Waals surface area (Å²) in [5.74, 6) is 0.146. The second-order valence-electron chi connectivity index (χ2n) is 4.88. The van der Waals surface area contributed by atoms with Crippen LogP contribution in [0.5, 0.6) is 0 Å². The van der Waals surface area contributed by atoms with Gasteiger partial charge in [0.25, 0.3) is 5.22 Å². The number of thioether (sulfide) groups is 1. The van der Waals surface area contributed by atoms with Crippen molar-refractivity contribution in [3.63, 3.8) is 0 Å². The minimum Gasteiger partial charge on any atom is -0.411 e. The summed E-state index contributed by atoms with van der Waals surface area (Å²) in [6.45, 7) is 0. The third-order valence-corrected chi connectivity index (χ3v) is 4.18. The van der Waals surface area contributed by atoms with E-state index in [2.05, 4.69) is 15.5 Å². The van der Waals surface area contributed by atoms with Gasteiger partial charge in [0.1, 0.15) is 6.07 Å². The summed E-state index contributed by atoms with van der Waals surface area (Å²) in [6.07, 6.45) is 0. The fraction of sp³-hybridized carbons (Fsp3) is 0.0588. The summed E-state index contributed by atoms with van der Waals surface area (Å²) in [5, 5.41) is 20.4. The van der Waals surface area contributed by atoms with Gasteiger partial charge in [-0.05, 0) is 30.3 Å². The van der Waals surface area contributed by atoms with Gasteiger partial charge in [0.15, 0.2) is 0 Å². The first-order valence-corrected chi connectivity index (χ1v) is 8.53. The molecule has 1 amide bonds. The average molecular weight is 371 g/mol. The Labute approximate surface area is 152 Å². The van der Waals surface area contributed by atoms with Crippen LogP contribution in [-0.4, -0.2) is 21.9 Å². The molecule has 1 heterocycles. The second-order valence-corrected chi connectivity index (χ2v) is 6.24. The van der Waals surface area contributed by atoms with E-state index in [-0.39, 0.29) is 16.9 Å². The molecule has 3 aromatic rings. The van der Waals surface area contributed by atoms with E-state index >= 15 is 0 Å². The molecule has 0 saturated carbocycles. The van der Waals surface area contributed by atoms with Gasteiger partial charge in [0, 0.05) is 10.6 Å². The van der Waals surface area contributed by atoms with Gasteiger partial charge in [0.2, 0.25) is 11.8 Å². The molecule has 0 radical (unpaired) electrons. The Balaban J connectivity index is 1.61. The summed E-state index contributed by atoms with van der Waals surface area (Å²) >= 11 is 7.05. The van der Waals surface area contributed by atoms with Gasteiger partial charge < -0.3 is 9.73 Å². The van der Waals surface area contributed by atoms with Gasteiger partial charge >= 0.3 is 0 Å². The predicted molar refractivity (Wildman–Crippen MR) is 95.3 cm³/mol. The number of nitrogens with zero attached hydrogens (tertiary/aromatic N) is 3. The van der Waals surface area contributed by atoms with E-state index in [9.17, 15) is 4.79 Å². The molecule has 0 spiro atoms. The number of nitriles is 1. The quantitative estimate of drug-likeness (QED) is 0.682. The summed E-state index contributed by atoms with van der Waals surface area (Å²) in [4.78, 5) is 12.0. The Kier molecular flexibility index (Phi) is 5.33. The van der Waals surface area contributed by atoms with Crippen LogP contribution in [0.3, 0.4) is 0 Å². The van der Waals surface area contributed by atoms with Crippen LogP contribution in [0.25, 0.3) is 11.5 Å². The molecule has 3 rings (SSSR count). The fourth-order valence-electron chi connectivity index (χ4n) is 2.01. The monoisotopic (exact) mass is 370 g/mol. The predicted octanol–water partition coefficient (Wildman–Crippen LogP) is 3.99. The van der Waals surface area contributed by atoms with E-state index in [4.69, 9.17) is 21.3 Å². The lowest BCUT2D eigenvalue weighted by Crippen LogP contribution is -2.14. The largest absolute Gasteiger partial charge is 0.411 e. The Morgan fingerprint density at radius 3 is 2.88 bits per heavy atom. The van der Waals surface area contributed by atoms with E-state index in [0.717, 1.165) is 11.8 Å². The zero-order chi connectivity index (χ0) is 17.6. The molecule has 0 atom stereocenters. The summed E-state index contributed by atoms with van der Waals surface area (Å²) in [6, 6.07) is 15.9. The second kappa shape index (κ2) is 7.83. The maximum atomic E-state index is 12.0. The SMILES string of the molecule is N#Cc1ccccc1NC(=O)CSc1nnc(-c2cccc(Cl)c2)o1. The maximum absolute atomic E-state index is 12.0. The van der Waals surface area contributed by atoms with E-state index in [1.54, 1.807) is 48.5 Å². The maximum Gasteiger partial charge on any atom is 0.277 e. The summed E-state index contributed by atoms with van der Waals surface area (Å²) < 4.78 is 5.52. The molecule has 8 heteroatoms. The van der Waals surface area contributed by atoms with Crippen LogP contribution < -0.4 is 5.32 Å². The average Bonchev–Trinajstić information content (AvgIpc) is 3.09. The van der Waals surface area contributed by atoms with Crippen molar-refractivity contribution < 1.29 is 9.21 Å². The van der Waals surface area contributed by atoms with Gasteiger partial charge in [-0.2, -0.15) is 5.26 Å². The standard InChI is InChI=1S/C17H11ClN4O2S/c18-13-6-3-5-11(8-13)16-21-22-17(24-16)25-10-15(23)20-14-7-2-1-4-12(14)9-19/h1-8H,10H2,(H,20,23). The molecular weight excluding hydrogens is 360 g/mol. The minimum atomic E-state index is -0.268. The van der Waals surface area contributed by atoms with Crippen LogP contribution >= 0.6 is 23.4 Å². The third kappa shape index (κ3) is 4.38. The number of para-hydroxylation sites is 1. The number of rotatable bonds is 5. The van der Waals surface area contributed by atoms with Crippen molar-refractivity contribution in [2.45, 2.75) is 5.22 Å². The van der Waals surface area contributed by atoms with Crippen LogP contribution in [0.2, 0.25) is 5.02 Å². The molecule has 0 unspecified atom stereocenters. The number of hydrogen-bond donors (Lipinski definition) is 1. The van der Waals surface area contributed by atoms with Crippen LogP contribution in [0.1, 0.15) is 5.56 Å². The van der Waals surface area contributed by atoms with Crippen LogP contribution in [0.4, 0.5) is 5.69 Å². The number of amides is 1. The number of nitrogens with one attached hydrogen (secondary N) is 1. The number of carbonyl (C=O) groups excluding carboxylic acids is 1. The summed E-state index contributed by atoms with van der Waals surface area (Å²) in [5.41, 5.74) is 1.59. The summed E-state index contributed by atoms with van der Waals surface area (Å²) in [7, 11) is 0. The number of aromatic nitrogens is 2. The Bertz CT molecular complexity index is 952. The zero-order valence-corrected chi connectivity index (χ0v) is 14.3. The molecule has 1 aromatic heterocycles. The molecule has 0 bridgehead atoms. The van der Waals surface area contributed by atoms with E-state index in [1.165, 1.54) is 0 Å². The van der Waals surface area contributed by atoms with Crippen molar-refractivity contribution in [2.24, 2.45) is 0 Å². The van der Waals surface area contributed by atoms with E-state index < -0.39 is 0 Å². The van der Waals surface area contributed by atoms with Crippen molar-refractivity contribution >= 4 is 35.0 Å². The third-order valence-electron chi connectivity index (χ3n) is 3.13. The highest BCUT2D eigenvalue weighted by Gasteiger charge is 2.12. The molecule has 0 fully saturated rings. The van der Waals surface area contributed by atoms with Crippen molar-refractivity contribution in [1.29, 1.82) is 5.26 Å². The highest BCUT2D eigenvalue weighted by molar-refractivity contribution is 7.99. The molecule has 0 aliphatic carbocycles. The molecular formula is C17H11ClN4O2S. The zero-order valence-electron chi connectivity index (χ0n) is 12.8. The van der Waals surface area contributed by atoms with Crippen molar-refractivity contribution in [2.75, 3.05) is 11.1 Å². The van der Waals surface area contributed by atoms with Gasteiger partial charge in [0.05, 0.1) is 17.0 Å². The first-order valence-electron chi connectivity index (χ1n) is 7.17. The van der Waals surface area contributed by atoms with Crippen LogP contribution in [-0.2, 0) is 4.79 Å². The number of anilines is 1. The highest BCUT2D eigenvalue weighted by atomic mass is 35.5. The Morgan fingerprint density at radius 2 is 2.08 bits per heavy atom. The van der Waals surface area contributed by atoms with Crippen molar-refractivity contribution in [3.8, 4) is 17.5 Å². The Hall–Kier alpha value is -2.82. The van der Waals surface area contributed by atoms with Gasteiger partial charge in [-0.25, -0.2) is 0 Å². The first-order chi connectivity index (χ1) is 12.2. The molecule has 1 N–H and O–H groups in total. The smallest absolute Gasteiger partial charge is 0.277 e. The fourth-order valence-corrected chi connectivity index (χ4v) is 2.76. The van der Waals surface area contributed by atoms with Gasteiger partial charge in [-0.1, -0.05) is 41.6 Å². The highest BCUT2D eigenvalue weighted by Crippen LogP contribution is 2.25. The van der Waals surface area contributed by atoms with E-state index in [1.807, 2.05) is 6.07 Å². The Morgan fingerprint density at radius 1 is 1.24 bits per heavy atom. The van der Waals surface area contributed by atoms with Crippen LogP contribution in [0.15, 0.2) is 58.2 Å². The van der Waals surface area contributed by atoms with Crippen molar-refractivity contribution in [3.05, 3.63) is 59.1 Å².